The van der Waals surface area contributed by atoms with Crippen molar-refractivity contribution in [2.75, 3.05) is 17.3 Å². The van der Waals surface area contributed by atoms with Gasteiger partial charge in [0.1, 0.15) is 17.9 Å². The predicted octanol–water partition coefficient (Wildman–Crippen LogP) is 2.45. The van der Waals surface area contributed by atoms with Gasteiger partial charge in [-0.3, -0.25) is 9.59 Å². The quantitative estimate of drug-likeness (QED) is 0.158. The average Bonchev–Trinajstić information content (AvgIpc) is 2.64. The number of aliphatic carboxylic acids is 2. The van der Waals surface area contributed by atoms with Crippen LogP contribution in [0.3, 0.4) is 0 Å². The van der Waals surface area contributed by atoms with E-state index in [1.165, 1.54) is 57.0 Å². The Balaban J connectivity index is 4.58. The number of rotatable bonds is 18. The first-order chi connectivity index (χ1) is 14.5. The Kier molecular flexibility index (Phi) is 16.9. The van der Waals surface area contributed by atoms with Gasteiger partial charge in [0.25, 0.3) is 0 Å². The number of carbonyl (C=O) groups excluding carboxylic acids is 3. The normalized spacial score (nSPS) is 13.6. The van der Waals surface area contributed by atoms with Crippen molar-refractivity contribution in [3.63, 3.8) is 0 Å². The minimum absolute atomic E-state index is 0.140. The number of nitrogens with one attached hydrogen (secondary N) is 2. The van der Waals surface area contributed by atoms with Gasteiger partial charge < -0.3 is 25.6 Å². The molecule has 0 radical (unpaired) electrons. The number of Topliss-reactive ketones (excluding diaryl/α,β-unsaturated/α-hetero) is 1. The third-order valence-corrected chi connectivity index (χ3v) is 9.28. The van der Waals surface area contributed by atoms with Crippen LogP contribution in [0.4, 0.5) is 0 Å². The smallest absolute Gasteiger partial charge is 0.327 e. The van der Waals surface area contributed by atoms with E-state index in [2.05, 4.69) is 10.6 Å². The summed E-state index contributed by atoms with van der Waals surface area (Å²) in [6, 6.07) is -1.93. The molecule has 31 heavy (non-hydrogen) atoms. The number of ketones is 1. The standard InChI is InChI=1S/C18H30N2O7S4/c1-11(21)6-4-5-7-14(31-30-10-16(18(26)27)20-13(3)23)8-28-29-9-15(17(24)25)19-12(2)22/h14-16H,4-10H2,1-3H3,(H,19,22)(H,20,23)(H,24,25)(H,26,27). The Morgan fingerprint density at radius 2 is 1.23 bits per heavy atom. The highest BCUT2D eigenvalue weighted by Crippen LogP contribution is 2.35. The number of unbranched alkanes of at least 4 members (excludes halogenated alkanes) is 1. The number of amides is 2. The minimum Gasteiger partial charge on any atom is -0.480 e. The van der Waals surface area contributed by atoms with Crippen LogP contribution in [0.5, 0.6) is 0 Å². The molecule has 9 nitrogen and oxygen atoms in total. The monoisotopic (exact) mass is 514 g/mol. The summed E-state index contributed by atoms with van der Waals surface area (Å²) >= 11 is 0. The first kappa shape index (κ1) is 29.9. The Hall–Kier alpha value is -1.05. The van der Waals surface area contributed by atoms with E-state index in [1.807, 2.05) is 0 Å². The Morgan fingerprint density at radius 3 is 1.68 bits per heavy atom. The molecule has 0 aliphatic rings. The van der Waals surface area contributed by atoms with E-state index in [0.29, 0.717) is 12.2 Å². The van der Waals surface area contributed by atoms with Gasteiger partial charge in [-0.1, -0.05) is 49.6 Å². The van der Waals surface area contributed by atoms with Crippen molar-refractivity contribution in [1.82, 2.24) is 10.6 Å². The predicted molar refractivity (Wildman–Crippen MR) is 128 cm³/mol. The lowest BCUT2D eigenvalue weighted by Crippen LogP contribution is -2.41. The summed E-state index contributed by atoms with van der Waals surface area (Å²) in [7, 11) is 5.73. The maximum absolute atomic E-state index is 11.2. The summed E-state index contributed by atoms with van der Waals surface area (Å²) < 4.78 is 0. The Morgan fingerprint density at radius 1 is 0.742 bits per heavy atom. The second-order valence-corrected chi connectivity index (χ2v) is 12.0. The third kappa shape index (κ3) is 17.2. The molecule has 0 fully saturated rings. The molecule has 0 aliphatic heterocycles. The summed E-state index contributed by atoms with van der Waals surface area (Å²) in [5.74, 6) is -1.73. The SMILES string of the molecule is CC(=O)CCCCC(CSSCC(NC(C)=O)C(=O)O)SSCC(NC(C)=O)C(=O)O. The fourth-order valence-corrected chi connectivity index (χ4v) is 8.13. The molecule has 0 rings (SSSR count). The van der Waals surface area contributed by atoms with Crippen LogP contribution in [0.2, 0.25) is 0 Å². The molecule has 13 heteroatoms. The van der Waals surface area contributed by atoms with E-state index in [-0.39, 0.29) is 22.5 Å². The fraction of sp³-hybridized carbons (Fsp3) is 0.722. The Bertz CT molecular complexity index is 622. The van der Waals surface area contributed by atoms with E-state index >= 15 is 0 Å². The van der Waals surface area contributed by atoms with Gasteiger partial charge in [-0.2, -0.15) is 0 Å². The molecule has 0 heterocycles. The molecular formula is C18H30N2O7S4. The van der Waals surface area contributed by atoms with Crippen LogP contribution in [0.1, 0.15) is 46.5 Å². The number of carboxylic acid groups (broad SMARTS) is 2. The van der Waals surface area contributed by atoms with E-state index in [1.54, 1.807) is 6.92 Å². The van der Waals surface area contributed by atoms with Gasteiger partial charge in [-0.05, 0) is 19.8 Å². The van der Waals surface area contributed by atoms with Crippen molar-refractivity contribution in [2.45, 2.75) is 63.8 Å². The summed E-state index contributed by atoms with van der Waals surface area (Å²) in [5, 5.41) is 23.3. The zero-order valence-corrected chi connectivity index (χ0v) is 21.0. The summed E-state index contributed by atoms with van der Waals surface area (Å²) in [4.78, 5) is 55.8. The lowest BCUT2D eigenvalue weighted by molar-refractivity contribution is -0.141. The molecule has 3 unspecified atom stereocenters. The van der Waals surface area contributed by atoms with Crippen LogP contribution in [-0.2, 0) is 24.0 Å². The first-order valence-electron chi connectivity index (χ1n) is 9.54. The molecule has 0 aromatic rings. The molecule has 0 aliphatic carbocycles. The van der Waals surface area contributed by atoms with Crippen molar-refractivity contribution in [3.05, 3.63) is 0 Å². The summed E-state index contributed by atoms with van der Waals surface area (Å²) in [5.41, 5.74) is 0. The van der Waals surface area contributed by atoms with Crippen LogP contribution in [0.25, 0.3) is 0 Å². The lowest BCUT2D eigenvalue weighted by atomic mass is 10.1. The third-order valence-electron chi connectivity index (χ3n) is 3.67. The van der Waals surface area contributed by atoms with Crippen LogP contribution >= 0.6 is 43.2 Å². The molecule has 0 aromatic heterocycles. The molecule has 0 aromatic carbocycles. The van der Waals surface area contributed by atoms with E-state index in [0.717, 1.165) is 19.3 Å². The topological polar surface area (TPSA) is 150 Å². The highest BCUT2D eigenvalue weighted by atomic mass is 33.1. The molecule has 4 N–H and O–H groups in total. The van der Waals surface area contributed by atoms with Gasteiger partial charge in [0.15, 0.2) is 0 Å². The van der Waals surface area contributed by atoms with E-state index in [9.17, 15) is 29.1 Å². The van der Waals surface area contributed by atoms with Crippen LogP contribution in [0, 0.1) is 0 Å². The fourth-order valence-electron chi connectivity index (χ4n) is 2.19. The maximum atomic E-state index is 11.2. The largest absolute Gasteiger partial charge is 0.480 e. The highest BCUT2D eigenvalue weighted by molar-refractivity contribution is 8.78. The zero-order chi connectivity index (χ0) is 23.8. The van der Waals surface area contributed by atoms with Crippen LogP contribution in [0.15, 0.2) is 0 Å². The second kappa shape index (κ2) is 17.5. The molecule has 2 amide bonds. The van der Waals surface area contributed by atoms with E-state index in [4.69, 9.17) is 5.11 Å². The first-order valence-corrected chi connectivity index (χ1v) is 14.4. The van der Waals surface area contributed by atoms with Gasteiger partial charge in [-0.25, -0.2) is 9.59 Å². The molecule has 3 atom stereocenters. The maximum Gasteiger partial charge on any atom is 0.327 e. The van der Waals surface area contributed by atoms with Crippen molar-refractivity contribution in [1.29, 1.82) is 0 Å². The van der Waals surface area contributed by atoms with Gasteiger partial charge in [0.05, 0.1) is 0 Å². The second-order valence-electron chi connectivity index (χ2n) is 6.70. The molecule has 178 valence electrons. The number of hydrogen-bond donors (Lipinski definition) is 4. The van der Waals surface area contributed by atoms with Crippen LogP contribution in [-0.4, -0.2) is 74.3 Å². The number of hydrogen-bond acceptors (Lipinski definition) is 9. The molecular weight excluding hydrogens is 484 g/mol. The van der Waals surface area contributed by atoms with Crippen molar-refractivity contribution < 1.29 is 34.2 Å². The van der Waals surface area contributed by atoms with Crippen molar-refractivity contribution in [2.24, 2.45) is 0 Å². The van der Waals surface area contributed by atoms with Crippen LogP contribution < -0.4 is 10.6 Å². The minimum atomic E-state index is -1.09. The van der Waals surface area contributed by atoms with Gasteiger partial charge in [0.2, 0.25) is 11.8 Å². The van der Waals surface area contributed by atoms with Gasteiger partial charge >= 0.3 is 11.9 Å². The zero-order valence-electron chi connectivity index (χ0n) is 17.8. The molecule has 0 saturated heterocycles. The van der Waals surface area contributed by atoms with Gasteiger partial charge in [0, 0.05) is 42.8 Å². The van der Waals surface area contributed by atoms with Crippen molar-refractivity contribution >= 4 is 72.7 Å². The summed E-state index contributed by atoms with van der Waals surface area (Å²) in [6.45, 7) is 4.09. The molecule has 0 saturated carbocycles. The summed E-state index contributed by atoms with van der Waals surface area (Å²) in [6.07, 6.45) is 2.97. The lowest BCUT2D eigenvalue weighted by Gasteiger charge is -2.18. The van der Waals surface area contributed by atoms with E-state index < -0.39 is 35.8 Å². The highest BCUT2D eigenvalue weighted by Gasteiger charge is 2.21. The average molecular weight is 515 g/mol. The van der Waals surface area contributed by atoms with Gasteiger partial charge in [-0.15, -0.1) is 0 Å². The van der Waals surface area contributed by atoms with Crippen molar-refractivity contribution in [3.8, 4) is 0 Å². The molecule has 0 bridgehead atoms. The molecule has 0 spiro atoms. The Labute approximate surface area is 198 Å². The number of carboxylic acids is 2. The number of carbonyl (C=O) groups is 5.